The highest BCUT2D eigenvalue weighted by molar-refractivity contribution is 5.84. The van der Waals surface area contributed by atoms with Gasteiger partial charge < -0.3 is 29.3 Å². The Hall–Kier alpha value is -1.38. The number of methoxy groups -OCH3 is 1. The van der Waals surface area contributed by atoms with Crippen LogP contribution in [0.4, 0.5) is 4.79 Å². The fourth-order valence-corrected chi connectivity index (χ4v) is 6.14. The van der Waals surface area contributed by atoms with Crippen molar-refractivity contribution < 1.29 is 23.8 Å². The van der Waals surface area contributed by atoms with Crippen molar-refractivity contribution in [2.75, 3.05) is 33.4 Å². The van der Waals surface area contributed by atoms with E-state index < -0.39 is 5.60 Å². The van der Waals surface area contributed by atoms with Gasteiger partial charge in [0, 0.05) is 38.9 Å². The summed E-state index contributed by atoms with van der Waals surface area (Å²) in [5.74, 6) is 0.288. The Kier molecular flexibility index (Phi) is 6.76. The predicted octanol–water partition coefficient (Wildman–Crippen LogP) is 2.55. The number of carbonyl (C=O) groups excluding carboxylic acids is 2. The maximum absolute atomic E-state index is 13.8. The van der Waals surface area contributed by atoms with E-state index in [1.807, 2.05) is 25.7 Å². The van der Waals surface area contributed by atoms with Crippen LogP contribution in [0.5, 0.6) is 0 Å². The van der Waals surface area contributed by atoms with Crippen molar-refractivity contribution in [3.8, 4) is 0 Å². The molecule has 6 atom stereocenters. The maximum Gasteiger partial charge on any atom is 0.410 e. The first kappa shape index (κ1) is 23.8. The quantitative estimate of drug-likeness (QED) is 0.692. The third-order valence-electron chi connectivity index (χ3n) is 7.93. The highest BCUT2D eigenvalue weighted by Gasteiger charge is 2.53. The smallest absolute Gasteiger partial charge is 0.410 e. The van der Waals surface area contributed by atoms with Gasteiger partial charge in [-0.2, -0.15) is 0 Å². The summed E-state index contributed by atoms with van der Waals surface area (Å²) in [5.41, 5.74) is -0.800. The summed E-state index contributed by atoms with van der Waals surface area (Å²) in [7, 11) is 1.74. The summed E-state index contributed by atoms with van der Waals surface area (Å²) < 4.78 is 16.7. The van der Waals surface area contributed by atoms with Crippen LogP contribution in [-0.2, 0) is 19.0 Å². The van der Waals surface area contributed by atoms with Gasteiger partial charge >= 0.3 is 6.09 Å². The van der Waals surface area contributed by atoms with Gasteiger partial charge in [-0.1, -0.05) is 6.92 Å². The molecule has 8 nitrogen and oxygen atoms in total. The highest BCUT2D eigenvalue weighted by atomic mass is 16.6. The number of fused-ring (bicyclic) bond motifs is 2. The lowest BCUT2D eigenvalue weighted by molar-refractivity contribution is -0.144. The van der Waals surface area contributed by atoms with Crippen molar-refractivity contribution in [2.24, 2.45) is 5.41 Å². The minimum atomic E-state index is -0.501. The van der Waals surface area contributed by atoms with Crippen LogP contribution < -0.4 is 5.32 Å². The Bertz CT molecular complexity index is 710. The zero-order valence-corrected chi connectivity index (χ0v) is 20.4. The van der Waals surface area contributed by atoms with Gasteiger partial charge in [0.2, 0.25) is 5.91 Å². The SMILES string of the molecule is CC[C@]1(C(=O)N2CC3CC2CN3C(=O)OC(C)(C)C)CC[C@@H](N[C@@H]2CCOC[C@H]2OC)C1. The standard InChI is InChI=1S/C24H41N3O5/c1-6-24(9-7-16(12-24)25-19-8-10-31-15-20(19)30-5)21(28)26-13-18-11-17(26)14-27(18)22(29)32-23(2,3)4/h16-20,25H,6-15H2,1-5H3/t16-,17?,18?,19-,20-,24+/m1/s1. The molecule has 3 heterocycles. The summed E-state index contributed by atoms with van der Waals surface area (Å²) in [6.45, 7) is 10.4. The molecule has 8 heteroatoms. The zero-order chi connectivity index (χ0) is 23.1. The number of piperazine rings is 1. The maximum atomic E-state index is 13.8. The van der Waals surface area contributed by atoms with Gasteiger partial charge in [0.1, 0.15) is 5.60 Å². The molecule has 4 fully saturated rings. The molecule has 4 aliphatic rings. The molecule has 0 aromatic heterocycles. The Morgan fingerprint density at radius 3 is 2.50 bits per heavy atom. The number of ether oxygens (including phenoxy) is 3. The van der Waals surface area contributed by atoms with Crippen LogP contribution in [0, 0.1) is 5.41 Å². The van der Waals surface area contributed by atoms with Crippen molar-refractivity contribution in [3.05, 3.63) is 0 Å². The zero-order valence-electron chi connectivity index (χ0n) is 20.4. The van der Waals surface area contributed by atoms with E-state index in [1.165, 1.54) is 0 Å². The molecule has 32 heavy (non-hydrogen) atoms. The van der Waals surface area contributed by atoms with Gasteiger partial charge in [-0.3, -0.25) is 4.79 Å². The second-order valence-corrected chi connectivity index (χ2v) is 11.1. The van der Waals surface area contributed by atoms with Gasteiger partial charge in [0.15, 0.2) is 0 Å². The van der Waals surface area contributed by atoms with Crippen LogP contribution in [0.15, 0.2) is 0 Å². The largest absolute Gasteiger partial charge is 0.444 e. The Morgan fingerprint density at radius 2 is 1.88 bits per heavy atom. The molecule has 1 N–H and O–H groups in total. The second-order valence-electron chi connectivity index (χ2n) is 11.1. The van der Waals surface area contributed by atoms with Crippen molar-refractivity contribution in [2.45, 2.75) is 102 Å². The highest BCUT2D eigenvalue weighted by Crippen LogP contribution is 2.45. The number of amides is 2. The molecule has 1 saturated carbocycles. The molecule has 0 aromatic rings. The Labute approximate surface area is 192 Å². The summed E-state index contributed by atoms with van der Waals surface area (Å²) in [6.07, 6.45) is 5.29. The van der Waals surface area contributed by atoms with E-state index in [2.05, 4.69) is 17.1 Å². The molecular formula is C24H41N3O5. The summed E-state index contributed by atoms with van der Waals surface area (Å²) in [5, 5.41) is 3.79. The van der Waals surface area contributed by atoms with Gasteiger partial charge in [0.25, 0.3) is 0 Å². The number of rotatable bonds is 5. The second kappa shape index (κ2) is 9.11. The number of nitrogens with zero attached hydrogens (tertiary/aromatic N) is 2. The van der Waals surface area contributed by atoms with Crippen LogP contribution in [-0.4, -0.2) is 91.1 Å². The third kappa shape index (κ3) is 4.64. The van der Waals surface area contributed by atoms with Crippen molar-refractivity contribution in [1.29, 1.82) is 0 Å². The van der Waals surface area contributed by atoms with E-state index in [0.29, 0.717) is 25.7 Å². The molecular weight excluding hydrogens is 410 g/mol. The van der Waals surface area contributed by atoms with E-state index in [1.54, 1.807) is 7.11 Å². The predicted molar refractivity (Wildman–Crippen MR) is 120 cm³/mol. The molecule has 4 rings (SSSR count). The van der Waals surface area contributed by atoms with Crippen LogP contribution in [0.2, 0.25) is 0 Å². The van der Waals surface area contributed by atoms with E-state index in [-0.39, 0.29) is 41.6 Å². The number of hydrogen-bond donors (Lipinski definition) is 1. The lowest BCUT2D eigenvalue weighted by Crippen LogP contribution is -2.55. The Balaban J connectivity index is 1.35. The van der Waals surface area contributed by atoms with E-state index in [4.69, 9.17) is 14.2 Å². The molecule has 2 bridgehead atoms. The summed E-state index contributed by atoms with van der Waals surface area (Å²) in [4.78, 5) is 30.2. The minimum absolute atomic E-state index is 0.0734. The molecule has 2 unspecified atom stereocenters. The van der Waals surface area contributed by atoms with Crippen molar-refractivity contribution >= 4 is 12.0 Å². The van der Waals surface area contributed by atoms with Gasteiger partial charge in [-0.15, -0.1) is 0 Å². The van der Waals surface area contributed by atoms with Crippen molar-refractivity contribution in [1.82, 2.24) is 15.1 Å². The average molecular weight is 452 g/mol. The van der Waals surface area contributed by atoms with Crippen molar-refractivity contribution in [3.63, 3.8) is 0 Å². The Morgan fingerprint density at radius 1 is 1.16 bits per heavy atom. The third-order valence-corrected chi connectivity index (χ3v) is 7.93. The number of nitrogens with one attached hydrogen (secondary N) is 1. The molecule has 0 radical (unpaired) electrons. The molecule has 0 spiro atoms. The fraction of sp³-hybridized carbons (Fsp3) is 0.917. The normalized spacial score (nSPS) is 37.2. The lowest BCUT2D eigenvalue weighted by atomic mass is 9.81. The van der Waals surface area contributed by atoms with Crippen LogP contribution >= 0.6 is 0 Å². The van der Waals surface area contributed by atoms with Crippen LogP contribution in [0.3, 0.4) is 0 Å². The first-order chi connectivity index (χ1) is 15.2. The first-order valence-electron chi connectivity index (χ1n) is 12.3. The van der Waals surface area contributed by atoms with Crippen LogP contribution in [0.25, 0.3) is 0 Å². The molecule has 0 aromatic carbocycles. The minimum Gasteiger partial charge on any atom is -0.444 e. The summed E-state index contributed by atoms with van der Waals surface area (Å²) >= 11 is 0. The van der Waals surface area contributed by atoms with Crippen LogP contribution in [0.1, 0.15) is 66.2 Å². The molecule has 2 amide bonds. The lowest BCUT2D eigenvalue weighted by Gasteiger charge is -2.40. The molecule has 1 aliphatic carbocycles. The molecule has 182 valence electrons. The van der Waals surface area contributed by atoms with E-state index in [9.17, 15) is 9.59 Å². The molecule has 3 saturated heterocycles. The van der Waals surface area contributed by atoms with E-state index in [0.717, 1.165) is 45.1 Å². The average Bonchev–Trinajstić information content (AvgIpc) is 3.47. The monoisotopic (exact) mass is 451 g/mol. The molecule has 3 aliphatic heterocycles. The van der Waals surface area contributed by atoms with Gasteiger partial charge in [0.05, 0.1) is 30.2 Å². The number of carbonyl (C=O) groups is 2. The topological polar surface area (TPSA) is 80.3 Å². The summed E-state index contributed by atoms with van der Waals surface area (Å²) in [6, 6.07) is 0.806. The fourth-order valence-electron chi connectivity index (χ4n) is 6.14. The number of likely N-dealkylation sites (tertiary alicyclic amines) is 2. The van der Waals surface area contributed by atoms with E-state index >= 15 is 0 Å². The van der Waals surface area contributed by atoms with Gasteiger partial charge in [-0.25, -0.2) is 4.79 Å². The van der Waals surface area contributed by atoms with Gasteiger partial charge in [-0.05, 0) is 59.3 Å². The number of hydrogen-bond acceptors (Lipinski definition) is 6. The first-order valence-corrected chi connectivity index (χ1v) is 12.3.